The molecule has 0 aliphatic rings. The standard InChI is InChI=1S/C20H20ClN3O4/c1-24(11-12-8-19(25)22-15-7-5-4-6-13(12)15)20(26)23-16-9-14(21)17(27-2)10-18(16)28-3/h4-10H,11H2,1-3H3,(H,22,25)(H,23,26). The molecule has 0 spiro atoms. The number of ether oxygens (including phenoxy) is 2. The number of benzene rings is 2. The highest BCUT2D eigenvalue weighted by Crippen LogP contribution is 2.36. The van der Waals surface area contributed by atoms with E-state index >= 15 is 0 Å². The van der Waals surface area contributed by atoms with Crippen LogP contribution in [0.3, 0.4) is 0 Å². The van der Waals surface area contributed by atoms with Crippen LogP contribution in [0.5, 0.6) is 11.5 Å². The highest BCUT2D eigenvalue weighted by Gasteiger charge is 2.16. The molecule has 28 heavy (non-hydrogen) atoms. The fraction of sp³-hybridized carbons (Fsp3) is 0.200. The number of methoxy groups -OCH3 is 2. The molecule has 0 bridgehead atoms. The van der Waals surface area contributed by atoms with Gasteiger partial charge in [0.25, 0.3) is 0 Å². The molecular formula is C20H20ClN3O4. The van der Waals surface area contributed by atoms with E-state index in [4.69, 9.17) is 21.1 Å². The van der Waals surface area contributed by atoms with E-state index < -0.39 is 0 Å². The Morgan fingerprint density at radius 2 is 1.86 bits per heavy atom. The summed E-state index contributed by atoms with van der Waals surface area (Å²) in [5, 5.41) is 4.00. The lowest BCUT2D eigenvalue weighted by Crippen LogP contribution is -2.31. The first-order valence-electron chi connectivity index (χ1n) is 8.47. The number of carbonyl (C=O) groups is 1. The molecule has 0 unspecified atom stereocenters. The van der Waals surface area contributed by atoms with E-state index in [-0.39, 0.29) is 18.1 Å². The Bertz CT molecular complexity index is 1080. The van der Waals surface area contributed by atoms with Crippen molar-refractivity contribution in [3.63, 3.8) is 0 Å². The number of hydrogen-bond acceptors (Lipinski definition) is 4. The number of nitrogens with zero attached hydrogens (tertiary/aromatic N) is 1. The van der Waals surface area contributed by atoms with Gasteiger partial charge in [0, 0.05) is 36.6 Å². The maximum atomic E-state index is 12.7. The summed E-state index contributed by atoms with van der Waals surface area (Å²) in [4.78, 5) is 28.8. The fourth-order valence-electron chi connectivity index (χ4n) is 2.90. The average molecular weight is 402 g/mol. The normalized spacial score (nSPS) is 10.6. The number of fused-ring (bicyclic) bond motifs is 1. The zero-order valence-corrected chi connectivity index (χ0v) is 16.5. The molecule has 146 valence electrons. The van der Waals surface area contributed by atoms with E-state index in [0.717, 1.165) is 16.5 Å². The van der Waals surface area contributed by atoms with Gasteiger partial charge in [0.15, 0.2) is 0 Å². The van der Waals surface area contributed by atoms with Crippen molar-refractivity contribution in [2.24, 2.45) is 0 Å². The summed E-state index contributed by atoms with van der Waals surface area (Å²) in [6.07, 6.45) is 0. The van der Waals surface area contributed by atoms with E-state index in [0.29, 0.717) is 22.2 Å². The summed E-state index contributed by atoms with van der Waals surface area (Å²) in [5.41, 5.74) is 1.67. The van der Waals surface area contributed by atoms with Gasteiger partial charge in [-0.25, -0.2) is 4.79 Å². The molecule has 7 nitrogen and oxygen atoms in total. The topological polar surface area (TPSA) is 83.7 Å². The van der Waals surface area contributed by atoms with E-state index in [1.54, 1.807) is 19.2 Å². The third-order valence-corrected chi connectivity index (χ3v) is 4.60. The number of nitrogens with one attached hydrogen (secondary N) is 2. The number of H-pyrrole nitrogens is 1. The van der Waals surface area contributed by atoms with Gasteiger partial charge in [0.2, 0.25) is 5.56 Å². The van der Waals surface area contributed by atoms with Gasteiger partial charge >= 0.3 is 6.03 Å². The summed E-state index contributed by atoms with van der Waals surface area (Å²) in [6, 6.07) is 11.7. The van der Waals surface area contributed by atoms with Crippen molar-refractivity contribution in [2.45, 2.75) is 6.54 Å². The van der Waals surface area contributed by atoms with Crippen LogP contribution in [-0.2, 0) is 6.54 Å². The zero-order valence-electron chi connectivity index (χ0n) is 15.7. The number of hydrogen-bond donors (Lipinski definition) is 2. The smallest absolute Gasteiger partial charge is 0.321 e. The van der Waals surface area contributed by atoms with Gasteiger partial charge in [-0.3, -0.25) is 4.79 Å². The molecule has 0 radical (unpaired) electrons. The lowest BCUT2D eigenvalue weighted by molar-refractivity contribution is 0.220. The van der Waals surface area contributed by atoms with Crippen molar-refractivity contribution in [3.05, 3.63) is 63.4 Å². The Balaban J connectivity index is 1.83. The minimum Gasteiger partial charge on any atom is -0.495 e. The second kappa shape index (κ2) is 8.22. The number of halogens is 1. The molecule has 0 fully saturated rings. The maximum Gasteiger partial charge on any atom is 0.321 e. The average Bonchev–Trinajstić information content (AvgIpc) is 2.68. The number of urea groups is 1. The molecule has 8 heteroatoms. The van der Waals surface area contributed by atoms with Crippen molar-refractivity contribution < 1.29 is 14.3 Å². The van der Waals surface area contributed by atoms with Gasteiger partial charge in [-0.05, 0) is 17.7 Å². The number of aromatic nitrogens is 1. The molecule has 2 aromatic carbocycles. The Hall–Kier alpha value is -3.19. The molecule has 3 aromatic rings. The van der Waals surface area contributed by atoms with Crippen molar-refractivity contribution in [1.82, 2.24) is 9.88 Å². The molecule has 0 aliphatic heterocycles. The van der Waals surface area contributed by atoms with E-state index in [9.17, 15) is 9.59 Å². The van der Waals surface area contributed by atoms with Gasteiger partial charge in [-0.2, -0.15) is 0 Å². The number of carbonyl (C=O) groups excluding carboxylic acids is 1. The number of amides is 2. The first-order valence-corrected chi connectivity index (χ1v) is 8.85. The van der Waals surface area contributed by atoms with Crippen LogP contribution in [0.4, 0.5) is 10.5 Å². The second-order valence-corrected chi connectivity index (χ2v) is 6.58. The highest BCUT2D eigenvalue weighted by molar-refractivity contribution is 6.32. The third kappa shape index (κ3) is 4.04. The Morgan fingerprint density at radius 1 is 1.14 bits per heavy atom. The van der Waals surface area contributed by atoms with Crippen molar-refractivity contribution in [2.75, 3.05) is 26.6 Å². The van der Waals surface area contributed by atoms with E-state index in [1.165, 1.54) is 25.2 Å². The second-order valence-electron chi connectivity index (χ2n) is 6.18. The molecule has 2 N–H and O–H groups in total. The zero-order chi connectivity index (χ0) is 20.3. The number of aromatic amines is 1. The largest absolute Gasteiger partial charge is 0.495 e. The lowest BCUT2D eigenvalue weighted by Gasteiger charge is -2.20. The van der Waals surface area contributed by atoms with Crippen LogP contribution in [0.2, 0.25) is 5.02 Å². The predicted molar refractivity (Wildman–Crippen MR) is 110 cm³/mol. The van der Waals surface area contributed by atoms with Crippen LogP contribution in [0.1, 0.15) is 5.56 Å². The number of rotatable bonds is 5. The van der Waals surface area contributed by atoms with Crippen LogP contribution in [0.25, 0.3) is 10.9 Å². The molecule has 0 saturated heterocycles. The summed E-state index contributed by atoms with van der Waals surface area (Å²) in [7, 11) is 4.63. The molecule has 0 saturated carbocycles. The Kier molecular flexibility index (Phi) is 5.75. The van der Waals surface area contributed by atoms with Gasteiger partial charge < -0.3 is 24.7 Å². The van der Waals surface area contributed by atoms with Crippen LogP contribution >= 0.6 is 11.6 Å². The number of pyridine rings is 1. The van der Waals surface area contributed by atoms with Crippen LogP contribution in [0, 0.1) is 0 Å². The predicted octanol–water partition coefficient (Wildman–Crippen LogP) is 3.86. The van der Waals surface area contributed by atoms with Crippen LogP contribution in [0.15, 0.2) is 47.3 Å². The molecule has 0 atom stereocenters. The van der Waals surface area contributed by atoms with Crippen molar-refractivity contribution in [1.29, 1.82) is 0 Å². The van der Waals surface area contributed by atoms with Gasteiger partial charge in [-0.15, -0.1) is 0 Å². The minimum atomic E-state index is -0.371. The van der Waals surface area contributed by atoms with E-state index in [1.807, 2.05) is 24.3 Å². The Labute approximate surface area is 166 Å². The summed E-state index contributed by atoms with van der Waals surface area (Å²) < 4.78 is 10.5. The number of para-hydroxylation sites is 1. The first-order chi connectivity index (χ1) is 13.4. The summed E-state index contributed by atoms with van der Waals surface area (Å²) in [6.45, 7) is 0.252. The monoisotopic (exact) mass is 401 g/mol. The van der Waals surface area contributed by atoms with Gasteiger partial charge in [-0.1, -0.05) is 29.8 Å². The minimum absolute atomic E-state index is 0.217. The quantitative estimate of drug-likeness (QED) is 0.679. The van der Waals surface area contributed by atoms with Crippen molar-refractivity contribution >= 4 is 34.2 Å². The first kappa shape index (κ1) is 19.6. The molecular weight excluding hydrogens is 382 g/mol. The SMILES string of the molecule is COc1cc(OC)c(NC(=O)N(C)Cc2cc(=O)[nH]c3ccccc23)cc1Cl. The van der Waals surface area contributed by atoms with Crippen molar-refractivity contribution in [3.8, 4) is 11.5 Å². The Morgan fingerprint density at radius 3 is 2.57 bits per heavy atom. The summed E-state index contributed by atoms with van der Waals surface area (Å²) >= 11 is 6.15. The lowest BCUT2D eigenvalue weighted by atomic mass is 10.1. The summed E-state index contributed by atoms with van der Waals surface area (Å²) in [5.74, 6) is 0.865. The third-order valence-electron chi connectivity index (χ3n) is 4.31. The molecule has 1 aromatic heterocycles. The van der Waals surface area contributed by atoms with Gasteiger partial charge in [0.05, 0.1) is 24.9 Å². The van der Waals surface area contributed by atoms with Gasteiger partial charge in [0.1, 0.15) is 11.5 Å². The van der Waals surface area contributed by atoms with Crippen LogP contribution in [-0.4, -0.2) is 37.2 Å². The maximum absolute atomic E-state index is 12.7. The molecule has 0 aliphatic carbocycles. The number of anilines is 1. The highest BCUT2D eigenvalue weighted by atomic mass is 35.5. The molecule has 1 heterocycles. The van der Waals surface area contributed by atoms with E-state index in [2.05, 4.69) is 10.3 Å². The van der Waals surface area contributed by atoms with Crippen LogP contribution < -0.4 is 20.3 Å². The molecule has 3 rings (SSSR count). The fourth-order valence-corrected chi connectivity index (χ4v) is 3.14. The molecule has 2 amide bonds.